The molecule has 0 saturated carbocycles. The Morgan fingerprint density at radius 1 is 0.760 bits per heavy atom. The van der Waals surface area contributed by atoms with Crippen molar-refractivity contribution in [3.8, 4) is 11.5 Å². The molecule has 0 N–H and O–H groups in total. The summed E-state index contributed by atoms with van der Waals surface area (Å²) in [5, 5.41) is 0. The minimum atomic E-state index is -0.687. The number of piperazine rings is 1. The summed E-state index contributed by atoms with van der Waals surface area (Å²) in [7, 11) is 5.73. The lowest BCUT2D eigenvalue weighted by Crippen LogP contribution is -2.56. The highest BCUT2D eigenvalue weighted by atomic mass is 16.5. The Bertz CT molecular complexity index is 1640. The van der Waals surface area contributed by atoms with Crippen LogP contribution in [-0.2, 0) is 29.1 Å². The molecule has 1 aliphatic rings. The first-order valence-electron chi connectivity index (χ1n) is 17.5. The molecule has 0 spiro atoms. The monoisotopic (exact) mass is 674 g/mol. The second kappa shape index (κ2) is 18.7. The van der Waals surface area contributed by atoms with Gasteiger partial charge in [0.2, 0.25) is 11.8 Å². The van der Waals surface area contributed by atoms with Gasteiger partial charge in [0.05, 0.1) is 13.7 Å². The van der Waals surface area contributed by atoms with E-state index in [0.29, 0.717) is 26.1 Å². The van der Waals surface area contributed by atoms with E-state index in [2.05, 4.69) is 48.2 Å². The number of rotatable bonds is 16. The first-order valence-corrected chi connectivity index (χ1v) is 17.5. The maximum atomic E-state index is 14.5. The SMILES string of the molecule is COc1ccc(C=CC(=O)N(Cc2ccc(OCCCN(C)C)cc2)[C@@H](Cc2ccccc2)C(=O)N2CCN(Cc3ccccc3)CC2)cc1. The highest BCUT2D eigenvalue weighted by Gasteiger charge is 2.34. The molecule has 50 heavy (non-hydrogen) atoms. The van der Waals surface area contributed by atoms with Crippen LogP contribution in [0.25, 0.3) is 6.08 Å². The molecule has 5 rings (SSSR count). The van der Waals surface area contributed by atoms with Crippen LogP contribution >= 0.6 is 0 Å². The van der Waals surface area contributed by atoms with E-state index in [0.717, 1.165) is 60.8 Å². The largest absolute Gasteiger partial charge is 0.497 e. The summed E-state index contributed by atoms with van der Waals surface area (Å²) < 4.78 is 11.3. The Balaban J connectivity index is 1.37. The van der Waals surface area contributed by atoms with Gasteiger partial charge < -0.3 is 24.2 Å². The van der Waals surface area contributed by atoms with Crippen molar-refractivity contribution in [2.24, 2.45) is 0 Å². The highest BCUT2D eigenvalue weighted by molar-refractivity contribution is 5.95. The molecular formula is C42H50N4O4. The van der Waals surface area contributed by atoms with Crippen molar-refractivity contribution in [1.29, 1.82) is 0 Å². The molecule has 1 fully saturated rings. The lowest BCUT2D eigenvalue weighted by Gasteiger charge is -2.39. The Morgan fingerprint density at radius 2 is 1.38 bits per heavy atom. The Kier molecular flexibility index (Phi) is 13.6. The molecule has 0 aromatic heterocycles. The molecule has 8 heteroatoms. The number of carbonyl (C=O) groups excluding carboxylic acids is 2. The third-order valence-electron chi connectivity index (χ3n) is 8.98. The van der Waals surface area contributed by atoms with E-state index in [1.807, 2.05) is 89.8 Å². The molecule has 4 aromatic rings. The van der Waals surface area contributed by atoms with Crippen LogP contribution in [0.2, 0.25) is 0 Å². The van der Waals surface area contributed by atoms with Gasteiger partial charge in [-0.05, 0) is 73.1 Å². The average Bonchev–Trinajstić information content (AvgIpc) is 3.15. The molecule has 0 bridgehead atoms. The molecule has 1 atom stereocenters. The minimum absolute atomic E-state index is 0.0275. The van der Waals surface area contributed by atoms with Gasteiger partial charge in [-0.2, -0.15) is 0 Å². The standard InChI is InChI=1S/C42H50N4O4/c1-43(2)25-10-30-50-39-22-17-37(18-23-39)33-46(41(47)24-19-34-15-20-38(49-3)21-16-34)40(31-35-11-6-4-7-12-35)42(48)45-28-26-44(27-29-45)32-36-13-8-5-9-14-36/h4-9,11-24,40H,10,25-33H2,1-3H3/t40-/m0/s1. The van der Waals surface area contributed by atoms with Crippen LogP contribution in [0.15, 0.2) is 115 Å². The fraction of sp³-hybridized carbons (Fsp3) is 0.333. The number of ether oxygens (including phenoxy) is 2. The van der Waals surface area contributed by atoms with Crippen molar-refractivity contribution in [3.05, 3.63) is 138 Å². The number of nitrogens with zero attached hydrogens (tertiary/aromatic N) is 4. The summed E-state index contributed by atoms with van der Waals surface area (Å²) in [6.45, 7) is 5.50. The number of amides is 2. The van der Waals surface area contributed by atoms with Gasteiger partial charge in [0.15, 0.2) is 0 Å². The predicted octanol–water partition coefficient (Wildman–Crippen LogP) is 6.02. The van der Waals surface area contributed by atoms with Crippen molar-refractivity contribution in [2.75, 3.05) is 60.5 Å². The first kappa shape index (κ1) is 36.4. The van der Waals surface area contributed by atoms with Crippen LogP contribution in [0.5, 0.6) is 11.5 Å². The predicted molar refractivity (Wildman–Crippen MR) is 200 cm³/mol. The van der Waals surface area contributed by atoms with E-state index < -0.39 is 6.04 Å². The van der Waals surface area contributed by atoms with E-state index in [-0.39, 0.29) is 18.4 Å². The summed E-state index contributed by atoms with van der Waals surface area (Å²) >= 11 is 0. The maximum Gasteiger partial charge on any atom is 0.247 e. The van der Waals surface area contributed by atoms with Gasteiger partial charge >= 0.3 is 0 Å². The van der Waals surface area contributed by atoms with Crippen LogP contribution in [0, 0.1) is 0 Å². The number of benzene rings is 4. The summed E-state index contributed by atoms with van der Waals surface area (Å²) in [5.74, 6) is 1.29. The van der Waals surface area contributed by atoms with Crippen LogP contribution in [0.1, 0.15) is 28.7 Å². The Morgan fingerprint density at radius 3 is 2.00 bits per heavy atom. The van der Waals surface area contributed by atoms with Gasteiger partial charge in [-0.15, -0.1) is 0 Å². The van der Waals surface area contributed by atoms with Gasteiger partial charge in [-0.25, -0.2) is 0 Å². The fourth-order valence-electron chi connectivity index (χ4n) is 6.13. The van der Waals surface area contributed by atoms with Crippen molar-refractivity contribution >= 4 is 17.9 Å². The van der Waals surface area contributed by atoms with Crippen molar-refractivity contribution in [1.82, 2.24) is 19.6 Å². The van der Waals surface area contributed by atoms with Gasteiger partial charge in [0.1, 0.15) is 17.5 Å². The van der Waals surface area contributed by atoms with E-state index in [1.54, 1.807) is 24.2 Å². The number of hydrogen-bond donors (Lipinski definition) is 0. The van der Waals surface area contributed by atoms with Crippen LogP contribution in [0.4, 0.5) is 0 Å². The first-order chi connectivity index (χ1) is 24.4. The van der Waals surface area contributed by atoms with Crippen LogP contribution < -0.4 is 9.47 Å². The summed E-state index contributed by atoms with van der Waals surface area (Å²) in [6.07, 6.45) is 4.72. The molecule has 1 aliphatic heterocycles. The maximum absolute atomic E-state index is 14.5. The van der Waals surface area contributed by atoms with Gasteiger partial charge in [-0.3, -0.25) is 14.5 Å². The van der Waals surface area contributed by atoms with Gasteiger partial charge in [-0.1, -0.05) is 84.9 Å². The van der Waals surface area contributed by atoms with Crippen molar-refractivity contribution in [3.63, 3.8) is 0 Å². The third kappa shape index (κ3) is 11.1. The Labute approximate surface area is 297 Å². The Hall–Kier alpha value is -4.92. The summed E-state index contributed by atoms with van der Waals surface area (Å²) in [6, 6.07) is 35.1. The van der Waals surface area contributed by atoms with Crippen molar-refractivity contribution in [2.45, 2.75) is 32.0 Å². The second-order valence-corrected chi connectivity index (χ2v) is 13.0. The van der Waals surface area contributed by atoms with E-state index in [4.69, 9.17) is 9.47 Å². The zero-order valence-electron chi connectivity index (χ0n) is 29.6. The average molecular weight is 675 g/mol. The van der Waals surface area contributed by atoms with E-state index >= 15 is 0 Å². The van der Waals surface area contributed by atoms with E-state index in [1.165, 1.54) is 5.56 Å². The lowest BCUT2D eigenvalue weighted by atomic mass is 10.0. The second-order valence-electron chi connectivity index (χ2n) is 13.0. The van der Waals surface area contributed by atoms with Crippen molar-refractivity contribution < 1.29 is 19.1 Å². The van der Waals surface area contributed by atoms with Gasteiger partial charge in [0.25, 0.3) is 0 Å². The molecule has 1 saturated heterocycles. The zero-order chi connectivity index (χ0) is 35.1. The normalized spacial score (nSPS) is 14.1. The molecule has 1 heterocycles. The molecular weight excluding hydrogens is 624 g/mol. The smallest absolute Gasteiger partial charge is 0.247 e. The lowest BCUT2D eigenvalue weighted by molar-refractivity contribution is -0.145. The molecule has 4 aromatic carbocycles. The number of carbonyl (C=O) groups is 2. The summed E-state index contributed by atoms with van der Waals surface area (Å²) in [4.78, 5) is 37.0. The van der Waals surface area contributed by atoms with Gasteiger partial charge in [0, 0.05) is 58.3 Å². The summed E-state index contributed by atoms with van der Waals surface area (Å²) in [5.41, 5.74) is 4.07. The fourth-order valence-corrected chi connectivity index (χ4v) is 6.13. The highest BCUT2D eigenvalue weighted by Crippen LogP contribution is 2.21. The molecule has 2 amide bonds. The third-order valence-corrected chi connectivity index (χ3v) is 8.98. The molecule has 8 nitrogen and oxygen atoms in total. The van der Waals surface area contributed by atoms with Crippen LogP contribution in [-0.4, -0.2) is 98.0 Å². The van der Waals surface area contributed by atoms with Crippen LogP contribution in [0.3, 0.4) is 0 Å². The van der Waals surface area contributed by atoms with E-state index in [9.17, 15) is 9.59 Å². The molecule has 0 aliphatic carbocycles. The molecule has 0 radical (unpaired) electrons. The topological polar surface area (TPSA) is 65.6 Å². The quantitative estimate of drug-likeness (QED) is 0.107. The number of methoxy groups -OCH3 is 1. The zero-order valence-corrected chi connectivity index (χ0v) is 29.6. The number of hydrogen-bond acceptors (Lipinski definition) is 6. The molecule has 262 valence electrons. The minimum Gasteiger partial charge on any atom is -0.497 e. The molecule has 0 unspecified atom stereocenters.